The van der Waals surface area contributed by atoms with E-state index in [1.807, 2.05) is 19.0 Å². The number of ketones is 1. The lowest BCUT2D eigenvalue weighted by Gasteiger charge is -2.13. The number of rotatable bonds is 6. The summed E-state index contributed by atoms with van der Waals surface area (Å²) in [6, 6.07) is 3.05. The molecule has 0 aromatic heterocycles. The van der Waals surface area contributed by atoms with E-state index in [0.717, 1.165) is 24.4 Å². The number of carbonyl (C=O) groups is 1. The van der Waals surface area contributed by atoms with Crippen molar-refractivity contribution in [3.63, 3.8) is 0 Å². The molecule has 18 heavy (non-hydrogen) atoms. The smallest absolute Gasteiger partial charge is 0.178 e. The fraction of sp³-hybridized carbons (Fsp3) is 0.462. The first-order valence-electron chi connectivity index (χ1n) is 5.67. The normalized spacial score (nSPS) is 12.8. The lowest BCUT2D eigenvalue weighted by molar-refractivity contribution is 0.0990. The highest BCUT2D eigenvalue weighted by molar-refractivity contribution is 8.00. The van der Waals surface area contributed by atoms with Crippen molar-refractivity contribution in [2.24, 2.45) is 0 Å². The van der Waals surface area contributed by atoms with Gasteiger partial charge in [-0.15, -0.1) is 11.8 Å². The number of hydrogen-bond acceptors (Lipinski definition) is 3. The Labute approximate surface area is 110 Å². The van der Waals surface area contributed by atoms with Crippen LogP contribution in [0.1, 0.15) is 17.3 Å². The SMILES string of the molecule is CC(SCCN(C)C)C(=O)c1ccc(F)cc1F. The minimum Gasteiger partial charge on any atom is -0.309 e. The van der Waals surface area contributed by atoms with Gasteiger partial charge in [0.15, 0.2) is 5.78 Å². The Balaban J connectivity index is 2.63. The maximum absolute atomic E-state index is 13.4. The van der Waals surface area contributed by atoms with E-state index >= 15 is 0 Å². The van der Waals surface area contributed by atoms with Crippen molar-refractivity contribution in [1.29, 1.82) is 0 Å². The molecular weight excluding hydrogens is 256 g/mol. The first kappa shape index (κ1) is 15.1. The van der Waals surface area contributed by atoms with Gasteiger partial charge >= 0.3 is 0 Å². The molecule has 0 spiro atoms. The third-order valence-corrected chi connectivity index (χ3v) is 3.60. The van der Waals surface area contributed by atoms with Gasteiger partial charge in [0, 0.05) is 18.4 Å². The maximum Gasteiger partial charge on any atom is 0.178 e. The molecule has 1 unspecified atom stereocenters. The number of carbonyl (C=O) groups excluding carboxylic acids is 1. The summed E-state index contributed by atoms with van der Waals surface area (Å²) in [7, 11) is 3.90. The summed E-state index contributed by atoms with van der Waals surface area (Å²) >= 11 is 1.47. The Morgan fingerprint density at radius 1 is 1.39 bits per heavy atom. The molecule has 1 aromatic carbocycles. The molecule has 1 atom stereocenters. The van der Waals surface area contributed by atoms with Gasteiger partial charge in [-0.2, -0.15) is 0 Å². The molecule has 0 N–H and O–H groups in total. The van der Waals surface area contributed by atoms with Crippen LogP contribution < -0.4 is 0 Å². The van der Waals surface area contributed by atoms with Gasteiger partial charge in [-0.3, -0.25) is 4.79 Å². The van der Waals surface area contributed by atoms with Crippen LogP contribution in [0.25, 0.3) is 0 Å². The molecule has 0 aliphatic heterocycles. The highest BCUT2D eigenvalue weighted by atomic mass is 32.2. The zero-order chi connectivity index (χ0) is 13.7. The van der Waals surface area contributed by atoms with Crippen molar-refractivity contribution < 1.29 is 13.6 Å². The fourth-order valence-electron chi connectivity index (χ4n) is 1.40. The van der Waals surface area contributed by atoms with Crippen LogP contribution in [0, 0.1) is 11.6 Å². The van der Waals surface area contributed by atoms with Crippen LogP contribution in [-0.2, 0) is 0 Å². The third kappa shape index (κ3) is 4.38. The molecule has 0 heterocycles. The zero-order valence-corrected chi connectivity index (χ0v) is 11.6. The fourth-order valence-corrected chi connectivity index (χ4v) is 2.50. The van der Waals surface area contributed by atoms with E-state index in [0.29, 0.717) is 0 Å². The molecule has 100 valence electrons. The lowest BCUT2D eigenvalue weighted by Crippen LogP contribution is -2.20. The highest BCUT2D eigenvalue weighted by Gasteiger charge is 2.19. The van der Waals surface area contributed by atoms with E-state index in [1.54, 1.807) is 6.92 Å². The largest absolute Gasteiger partial charge is 0.309 e. The Morgan fingerprint density at radius 3 is 2.61 bits per heavy atom. The molecule has 1 rings (SSSR count). The third-order valence-electron chi connectivity index (χ3n) is 2.47. The molecule has 0 aliphatic carbocycles. The van der Waals surface area contributed by atoms with E-state index in [4.69, 9.17) is 0 Å². The van der Waals surface area contributed by atoms with Gasteiger partial charge in [0.05, 0.1) is 10.8 Å². The summed E-state index contributed by atoms with van der Waals surface area (Å²) in [6.45, 7) is 2.60. The van der Waals surface area contributed by atoms with Crippen LogP contribution in [-0.4, -0.2) is 42.3 Å². The van der Waals surface area contributed by atoms with Crippen LogP contribution in [0.4, 0.5) is 8.78 Å². The maximum atomic E-state index is 13.4. The van der Waals surface area contributed by atoms with E-state index in [2.05, 4.69) is 0 Å². The minimum atomic E-state index is -0.792. The number of halogens is 2. The minimum absolute atomic E-state index is 0.0405. The quantitative estimate of drug-likeness (QED) is 0.743. The number of hydrogen-bond donors (Lipinski definition) is 0. The Bertz CT molecular complexity index is 423. The van der Waals surface area contributed by atoms with E-state index in [-0.39, 0.29) is 16.6 Å². The molecule has 0 saturated carbocycles. The standard InChI is InChI=1S/C13H17F2NOS/c1-9(18-7-6-16(2)3)13(17)11-5-4-10(14)8-12(11)15/h4-5,8-9H,6-7H2,1-3H3. The molecule has 0 radical (unpaired) electrons. The second kappa shape index (κ2) is 6.85. The average molecular weight is 273 g/mol. The van der Waals surface area contributed by atoms with Crippen molar-refractivity contribution in [3.8, 4) is 0 Å². The second-order valence-electron chi connectivity index (χ2n) is 4.30. The van der Waals surface area contributed by atoms with Gasteiger partial charge in [0.1, 0.15) is 11.6 Å². The predicted octanol–water partition coefficient (Wildman–Crippen LogP) is 2.83. The number of Topliss-reactive ketones (excluding diaryl/α,β-unsaturated/α-hetero) is 1. The molecule has 0 bridgehead atoms. The number of thioether (sulfide) groups is 1. The van der Waals surface area contributed by atoms with E-state index in [9.17, 15) is 13.6 Å². The lowest BCUT2D eigenvalue weighted by atomic mass is 10.1. The summed E-state index contributed by atoms with van der Waals surface area (Å²) in [5.41, 5.74) is -0.0405. The summed E-state index contributed by atoms with van der Waals surface area (Å²) in [4.78, 5) is 14.0. The highest BCUT2D eigenvalue weighted by Crippen LogP contribution is 2.19. The molecule has 0 aliphatic rings. The molecule has 0 amide bonds. The van der Waals surface area contributed by atoms with Crippen molar-refractivity contribution >= 4 is 17.5 Å². The van der Waals surface area contributed by atoms with Gasteiger partial charge in [0.25, 0.3) is 0 Å². The van der Waals surface area contributed by atoms with Gasteiger partial charge in [-0.1, -0.05) is 0 Å². The van der Waals surface area contributed by atoms with Crippen LogP contribution in [0.5, 0.6) is 0 Å². The average Bonchev–Trinajstić information content (AvgIpc) is 2.27. The Morgan fingerprint density at radius 2 is 2.06 bits per heavy atom. The molecule has 1 aromatic rings. The predicted molar refractivity (Wildman–Crippen MR) is 71.2 cm³/mol. The Kier molecular flexibility index (Phi) is 5.75. The van der Waals surface area contributed by atoms with Crippen LogP contribution in [0.15, 0.2) is 18.2 Å². The van der Waals surface area contributed by atoms with Gasteiger partial charge in [-0.25, -0.2) is 8.78 Å². The van der Waals surface area contributed by atoms with Crippen LogP contribution >= 0.6 is 11.8 Å². The summed E-state index contributed by atoms with van der Waals surface area (Å²) < 4.78 is 26.2. The summed E-state index contributed by atoms with van der Waals surface area (Å²) in [5, 5.41) is -0.329. The van der Waals surface area contributed by atoms with Crippen molar-refractivity contribution in [1.82, 2.24) is 4.90 Å². The van der Waals surface area contributed by atoms with Crippen LogP contribution in [0.2, 0.25) is 0 Å². The van der Waals surface area contributed by atoms with Gasteiger partial charge in [0.2, 0.25) is 0 Å². The van der Waals surface area contributed by atoms with E-state index in [1.165, 1.54) is 17.8 Å². The topological polar surface area (TPSA) is 20.3 Å². The molecular formula is C13H17F2NOS. The van der Waals surface area contributed by atoms with E-state index < -0.39 is 11.6 Å². The van der Waals surface area contributed by atoms with Crippen molar-refractivity contribution in [2.75, 3.05) is 26.4 Å². The summed E-state index contributed by atoms with van der Waals surface area (Å²) in [5.74, 6) is -0.962. The monoisotopic (exact) mass is 273 g/mol. The first-order chi connectivity index (χ1) is 8.41. The summed E-state index contributed by atoms with van der Waals surface area (Å²) in [6.07, 6.45) is 0. The Hall–Kier alpha value is -0.940. The van der Waals surface area contributed by atoms with Crippen molar-refractivity contribution in [3.05, 3.63) is 35.4 Å². The van der Waals surface area contributed by atoms with Gasteiger partial charge in [-0.05, 0) is 33.2 Å². The number of benzene rings is 1. The second-order valence-corrected chi connectivity index (χ2v) is 5.75. The van der Waals surface area contributed by atoms with Crippen molar-refractivity contribution in [2.45, 2.75) is 12.2 Å². The number of nitrogens with zero attached hydrogens (tertiary/aromatic N) is 1. The zero-order valence-electron chi connectivity index (χ0n) is 10.7. The molecule has 5 heteroatoms. The molecule has 0 saturated heterocycles. The molecule has 2 nitrogen and oxygen atoms in total. The molecule has 0 fully saturated rings. The van der Waals surface area contributed by atoms with Gasteiger partial charge < -0.3 is 4.90 Å². The van der Waals surface area contributed by atoms with Crippen LogP contribution in [0.3, 0.4) is 0 Å². The first-order valence-corrected chi connectivity index (χ1v) is 6.72.